The lowest BCUT2D eigenvalue weighted by atomic mass is 10.1. The lowest BCUT2D eigenvalue weighted by Crippen LogP contribution is -2.23. The van der Waals surface area contributed by atoms with E-state index in [0.29, 0.717) is 11.3 Å². The number of para-hydroxylation sites is 1. The zero-order valence-electron chi connectivity index (χ0n) is 12.4. The summed E-state index contributed by atoms with van der Waals surface area (Å²) in [6.45, 7) is 1.68. The number of benzene rings is 2. The van der Waals surface area contributed by atoms with Crippen LogP contribution in [-0.4, -0.2) is 5.11 Å². The molecule has 0 spiro atoms. The van der Waals surface area contributed by atoms with Crippen LogP contribution in [0.5, 0.6) is 0 Å². The highest BCUT2D eigenvalue weighted by atomic mass is 32.1. The van der Waals surface area contributed by atoms with E-state index < -0.39 is 45.8 Å². The molecule has 0 saturated heterocycles. The molecule has 0 aliphatic heterocycles. The van der Waals surface area contributed by atoms with Gasteiger partial charge in [-0.05, 0) is 30.8 Å². The molecule has 2 N–H and O–H groups in total. The second-order valence-corrected chi connectivity index (χ2v) is 5.31. The van der Waals surface area contributed by atoms with Crippen molar-refractivity contribution in [2.75, 3.05) is 10.6 Å². The van der Waals surface area contributed by atoms with Gasteiger partial charge in [-0.2, -0.15) is 13.2 Å². The smallest absolute Gasteiger partial charge is 0.332 e. The van der Waals surface area contributed by atoms with Gasteiger partial charge < -0.3 is 10.6 Å². The second-order valence-electron chi connectivity index (χ2n) is 4.90. The normalized spacial score (nSPS) is 11.4. The van der Waals surface area contributed by atoms with Gasteiger partial charge in [-0.15, -0.1) is 0 Å². The van der Waals surface area contributed by atoms with Gasteiger partial charge in [0, 0.05) is 5.69 Å². The van der Waals surface area contributed by atoms with Gasteiger partial charge in [0.2, 0.25) is 0 Å². The van der Waals surface area contributed by atoms with Crippen LogP contribution in [0.4, 0.5) is 42.1 Å². The van der Waals surface area contributed by atoms with Crippen LogP contribution in [0.3, 0.4) is 0 Å². The number of thiocarbonyl (C=S) groups is 1. The maximum atomic E-state index is 13.8. The zero-order valence-corrected chi connectivity index (χ0v) is 13.2. The van der Waals surface area contributed by atoms with E-state index in [1.807, 2.05) is 5.32 Å². The Kier molecular flexibility index (Phi) is 5.21. The molecule has 134 valence electrons. The van der Waals surface area contributed by atoms with Crippen LogP contribution in [0.2, 0.25) is 0 Å². The molecule has 0 heterocycles. The fraction of sp³-hybridized carbons (Fsp3) is 0.133. The number of rotatable bonds is 2. The van der Waals surface area contributed by atoms with E-state index in [1.165, 1.54) is 0 Å². The van der Waals surface area contributed by atoms with Gasteiger partial charge in [0.1, 0.15) is 11.3 Å². The molecule has 0 unspecified atom stereocenters. The van der Waals surface area contributed by atoms with Crippen molar-refractivity contribution in [2.24, 2.45) is 0 Å². The van der Waals surface area contributed by atoms with Gasteiger partial charge in [0.15, 0.2) is 28.4 Å². The van der Waals surface area contributed by atoms with Crippen molar-refractivity contribution in [1.29, 1.82) is 0 Å². The van der Waals surface area contributed by atoms with Gasteiger partial charge in [-0.25, -0.2) is 17.6 Å². The molecule has 0 amide bonds. The van der Waals surface area contributed by atoms with Crippen LogP contribution >= 0.6 is 12.2 Å². The molecule has 2 rings (SSSR count). The molecule has 0 aromatic heterocycles. The molecule has 0 aliphatic rings. The Labute approximate surface area is 142 Å². The lowest BCUT2D eigenvalue weighted by molar-refractivity contribution is -0.143. The molecular formula is C15H9F7N2S. The van der Waals surface area contributed by atoms with Crippen LogP contribution in [0.15, 0.2) is 24.3 Å². The van der Waals surface area contributed by atoms with Gasteiger partial charge in [-0.3, -0.25) is 0 Å². The minimum Gasteiger partial charge on any atom is -0.332 e. The Morgan fingerprint density at radius 2 is 1.40 bits per heavy atom. The highest BCUT2D eigenvalue weighted by Gasteiger charge is 2.42. The lowest BCUT2D eigenvalue weighted by Gasteiger charge is -2.16. The molecule has 0 radical (unpaired) electrons. The molecular weight excluding hydrogens is 373 g/mol. The highest BCUT2D eigenvalue weighted by molar-refractivity contribution is 7.80. The quantitative estimate of drug-likeness (QED) is 0.414. The highest BCUT2D eigenvalue weighted by Crippen LogP contribution is 2.38. The Bertz CT molecular complexity index is 804. The SMILES string of the molecule is Cc1ccccc1NC(=S)Nc1c(F)c(F)c(C(F)(F)F)c(F)c1F. The molecule has 2 aromatic carbocycles. The molecule has 25 heavy (non-hydrogen) atoms. The molecule has 10 heteroatoms. The first-order valence-electron chi connectivity index (χ1n) is 6.60. The number of hydrogen-bond donors (Lipinski definition) is 2. The summed E-state index contributed by atoms with van der Waals surface area (Å²) >= 11 is 4.77. The molecule has 0 atom stereocenters. The number of alkyl halides is 3. The molecule has 0 aliphatic carbocycles. The van der Waals surface area contributed by atoms with Crippen LogP contribution in [0.1, 0.15) is 11.1 Å². The maximum Gasteiger partial charge on any atom is 0.422 e. The summed E-state index contributed by atoms with van der Waals surface area (Å²) in [4.78, 5) is 0. The van der Waals surface area contributed by atoms with Gasteiger partial charge in [-0.1, -0.05) is 18.2 Å². The number of nitrogens with one attached hydrogen (secondary N) is 2. The van der Waals surface area contributed by atoms with Gasteiger partial charge >= 0.3 is 6.18 Å². The predicted molar refractivity (Wildman–Crippen MR) is 82.3 cm³/mol. The Balaban J connectivity index is 2.38. The van der Waals surface area contributed by atoms with Gasteiger partial charge in [0.25, 0.3) is 0 Å². The van der Waals surface area contributed by atoms with Crippen molar-refractivity contribution >= 4 is 28.7 Å². The fourth-order valence-electron chi connectivity index (χ4n) is 1.97. The van der Waals surface area contributed by atoms with Crippen LogP contribution in [0.25, 0.3) is 0 Å². The summed E-state index contributed by atoms with van der Waals surface area (Å²) < 4.78 is 92.2. The average Bonchev–Trinajstić information content (AvgIpc) is 2.51. The Morgan fingerprint density at radius 3 is 1.88 bits per heavy atom. The number of anilines is 2. The molecule has 0 fully saturated rings. The van der Waals surface area contributed by atoms with E-state index in [9.17, 15) is 30.7 Å². The maximum absolute atomic E-state index is 13.8. The van der Waals surface area contributed by atoms with E-state index >= 15 is 0 Å². The molecule has 0 saturated carbocycles. The standard InChI is InChI=1S/C15H9F7N2S/c1-6-4-2-3-5-7(6)23-14(25)24-13-11(18)9(16)8(15(20,21)22)10(17)12(13)19/h2-5H,1H3,(H2,23,24,25). The summed E-state index contributed by atoms with van der Waals surface area (Å²) in [5.41, 5.74) is -2.99. The fourth-order valence-corrected chi connectivity index (χ4v) is 2.18. The van der Waals surface area contributed by atoms with Crippen molar-refractivity contribution in [1.82, 2.24) is 0 Å². The third kappa shape index (κ3) is 3.84. The van der Waals surface area contributed by atoms with Crippen LogP contribution in [-0.2, 0) is 6.18 Å². The minimum absolute atomic E-state index is 0.425. The number of aryl methyl sites for hydroxylation is 1. The van der Waals surface area contributed by atoms with E-state index in [-0.39, 0.29) is 0 Å². The summed E-state index contributed by atoms with van der Waals surface area (Å²) in [5, 5.41) is 3.89. The molecule has 0 bridgehead atoms. The first-order chi connectivity index (χ1) is 11.5. The summed E-state index contributed by atoms with van der Waals surface area (Å²) in [5.74, 6) is -9.60. The second kappa shape index (κ2) is 6.87. The van der Waals surface area contributed by atoms with E-state index in [1.54, 1.807) is 31.2 Å². The van der Waals surface area contributed by atoms with Crippen LogP contribution < -0.4 is 10.6 Å². The third-order valence-electron chi connectivity index (χ3n) is 3.18. The number of halogens is 7. The van der Waals surface area contributed by atoms with E-state index in [0.717, 1.165) is 0 Å². The summed E-state index contributed by atoms with van der Waals surface area (Å²) in [7, 11) is 0. The first kappa shape index (κ1) is 19.0. The predicted octanol–water partition coefficient (Wildman–Crippen LogP) is 5.38. The minimum atomic E-state index is -5.60. The topological polar surface area (TPSA) is 24.1 Å². The Morgan fingerprint density at radius 1 is 0.880 bits per heavy atom. The van der Waals surface area contributed by atoms with E-state index in [4.69, 9.17) is 12.2 Å². The van der Waals surface area contributed by atoms with Crippen molar-refractivity contribution in [3.8, 4) is 0 Å². The molecule has 2 nitrogen and oxygen atoms in total. The van der Waals surface area contributed by atoms with Crippen molar-refractivity contribution in [3.05, 3.63) is 58.7 Å². The first-order valence-corrected chi connectivity index (χ1v) is 7.01. The zero-order chi connectivity index (χ0) is 18.9. The van der Waals surface area contributed by atoms with Crippen molar-refractivity contribution in [3.63, 3.8) is 0 Å². The largest absolute Gasteiger partial charge is 0.422 e. The van der Waals surface area contributed by atoms with Crippen LogP contribution in [0, 0.1) is 30.2 Å². The monoisotopic (exact) mass is 382 g/mol. The average molecular weight is 382 g/mol. The van der Waals surface area contributed by atoms with E-state index in [2.05, 4.69) is 5.32 Å². The summed E-state index contributed by atoms with van der Waals surface area (Å²) in [6.07, 6.45) is -5.60. The van der Waals surface area contributed by atoms with Crippen molar-refractivity contribution < 1.29 is 30.7 Å². The molecule has 2 aromatic rings. The van der Waals surface area contributed by atoms with Gasteiger partial charge in [0.05, 0.1) is 0 Å². The third-order valence-corrected chi connectivity index (χ3v) is 3.38. The number of hydrogen-bond acceptors (Lipinski definition) is 1. The van der Waals surface area contributed by atoms with Crippen molar-refractivity contribution in [2.45, 2.75) is 13.1 Å². The Hall–Kier alpha value is -2.36. The summed E-state index contributed by atoms with van der Waals surface area (Å²) in [6, 6.07) is 6.57.